The molecule has 188 valence electrons. The van der Waals surface area contributed by atoms with Crippen molar-refractivity contribution in [2.24, 2.45) is 0 Å². The monoisotopic (exact) mass is 516 g/mol. The number of anilines is 2. The summed E-state index contributed by atoms with van der Waals surface area (Å²) < 4.78 is 13.2. The van der Waals surface area contributed by atoms with E-state index in [0.717, 1.165) is 16.7 Å². The Morgan fingerprint density at radius 3 is 2.70 bits per heavy atom. The largest absolute Gasteiger partial charge is 0.493 e. The molecular weight excluding hydrogens is 492 g/mol. The van der Waals surface area contributed by atoms with Gasteiger partial charge in [0.25, 0.3) is 5.91 Å². The van der Waals surface area contributed by atoms with Crippen molar-refractivity contribution >= 4 is 29.1 Å². The van der Waals surface area contributed by atoms with E-state index in [1.54, 1.807) is 11.8 Å². The van der Waals surface area contributed by atoms with E-state index >= 15 is 0 Å². The number of fused-ring (bicyclic) bond motifs is 1. The van der Waals surface area contributed by atoms with Crippen LogP contribution in [0.3, 0.4) is 0 Å². The molecule has 1 aliphatic rings. The smallest absolute Gasteiger partial charge is 0.255 e. The van der Waals surface area contributed by atoms with Crippen molar-refractivity contribution in [2.75, 3.05) is 17.7 Å². The number of nitrogens with zero attached hydrogens (tertiary/aromatic N) is 4. The fourth-order valence-corrected chi connectivity index (χ4v) is 4.47. The second kappa shape index (κ2) is 10.3. The van der Waals surface area contributed by atoms with E-state index in [1.807, 2.05) is 80.6 Å². The van der Waals surface area contributed by atoms with E-state index in [2.05, 4.69) is 26.2 Å². The molecule has 3 aromatic carbocycles. The summed E-state index contributed by atoms with van der Waals surface area (Å²) in [4.78, 5) is 13.6. The molecule has 9 nitrogen and oxygen atoms in total. The second-order valence-corrected chi connectivity index (χ2v) is 9.03. The summed E-state index contributed by atoms with van der Waals surface area (Å²) in [5.41, 5.74) is 4.49. The average molecular weight is 517 g/mol. The van der Waals surface area contributed by atoms with E-state index in [9.17, 15) is 4.79 Å². The Hall–Kier alpha value is -4.37. The fourth-order valence-electron chi connectivity index (χ4n) is 4.28. The number of allylic oxidation sites excluding steroid dienone is 1. The van der Waals surface area contributed by atoms with Crippen molar-refractivity contribution in [1.29, 1.82) is 0 Å². The number of tetrazole rings is 1. The van der Waals surface area contributed by atoms with Crippen LogP contribution in [0.4, 0.5) is 11.6 Å². The minimum absolute atomic E-state index is 0.264. The molecule has 1 atom stereocenters. The molecule has 0 fully saturated rings. The van der Waals surface area contributed by atoms with Crippen LogP contribution in [-0.4, -0.2) is 33.2 Å². The number of halogens is 1. The Kier molecular flexibility index (Phi) is 6.78. The Bertz CT molecular complexity index is 1500. The lowest BCUT2D eigenvalue weighted by Crippen LogP contribution is -2.31. The molecule has 0 saturated heterocycles. The number of hydrogen-bond donors (Lipinski definition) is 2. The van der Waals surface area contributed by atoms with Crippen molar-refractivity contribution < 1.29 is 14.3 Å². The summed E-state index contributed by atoms with van der Waals surface area (Å²) in [6.07, 6.45) is 0. The quantitative estimate of drug-likeness (QED) is 0.350. The number of aromatic nitrogens is 4. The van der Waals surface area contributed by atoms with Gasteiger partial charge in [0.15, 0.2) is 11.5 Å². The molecule has 4 aromatic rings. The van der Waals surface area contributed by atoms with Gasteiger partial charge in [0, 0.05) is 22.0 Å². The van der Waals surface area contributed by atoms with Crippen molar-refractivity contribution in [1.82, 2.24) is 20.2 Å². The first-order valence-electron chi connectivity index (χ1n) is 11.6. The summed E-state index contributed by atoms with van der Waals surface area (Å²) in [5.74, 6) is 1.23. The first-order chi connectivity index (χ1) is 17.9. The molecular formula is C27H25ClN6O3. The predicted molar refractivity (Wildman–Crippen MR) is 141 cm³/mol. The molecule has 1 unspecified atom stereocenters. The lowest BCUT2D eigenvalue weighted by molar-refractivity contribution is -0.113. The molecule has 10 heteroatoms. The number of amides is 1. The van der Waals surface area contributed by atoms with Gasteiger partial charge in [-0.25, -0.2) is 0 Å². The van der Waals surface area contributed by atoms with Gasteiger partial charge in [0.2, 0.25) is 5.95 Å². The third-order valence-electron chi connectivity index (χ3n) is 6.08. The van der Waals surface area contributed by atoms with Gasteiger partial charge >= 0.3 is 0 Å². The van der Waals surface area contributed by atoms with Gasteiger partial charge in [-0.15, -0.1) is 0 Å². The van der Waals surface area contributed by atoms with Gasteiger partial charge in [0.05, 0.1) is 12.7 Å². The zero-order chi connectivity index (χ0) is 25.9. The highest BCUT2D eigenvalue weighted by atomic mass is 35.5. The zero-order valence-corrected chi connectivity index (χ0v) is 21.3. The number of aryl methyl sites for hydroxylation is 1. The van der Waals surface area contributed by atoms with Gasteiger partial charge in [-0.2, -0.15) is 4.68 Å². The Morgan fingerprint density at radius 1 is 1.08 bits per heavy atom. The van der Waals surface area contributed by atoms with Crippen molar-refractivity contribution in [3.63, 3.8) is 0 Å². The lowest BCUT2D eigenvalue weighted by Gasteiger charge is -2.28. The van der Waals surface area contributed by atoms with E-state index in [4.69, 9.17) is 21.1 Å². The maximum atomic E-state index is 13.6. The molecule has 0 saturated carbocycles. The molecule has 0 spiro atoms. The molecule has 1 amide bonds. The molecule has 2 N–H and O–H groups in total. The van der Waals surface area contributed by atoms with Gasteiger partial charge in [0.1, 0.15) is 12.6 Å². The van der Waals surface area contributed by atoms with Crippen LogP contribution in [0.5, 0.6) is 11.5 Å². The highest BCUT2D eigenvalue weighted by Crippen LogP contribution is 2.39. The Labute approximate surface area is 219 Å². The number of hydrogen-bond acceptors (Lipinski definition) is 7. The van der Waals surface area contributed by atoms with E-state index in [1.165, 1.54) is 0 Å². The van der Waals surface area contributed by atoms with Crippen LogP contribution in [-0.2, 0) is 11.4 Å². The molecule has 37 heavy (non-hydrogen) atoms. The third-order valence-corrected chi connectivity index (χ3v) is 6.45. The predicted octanol–water partition coefficient (Wildman–Crippen LogP) is 5.15. The van der Waals surface area contributed by atoms with E-state index in [0.29, 0.717) is 39.4 Å². The maximum Gasteiger partial charge on any atom is 0.255 e. The highest BCUT2D eigenvalue weighted by molar-refractivity contribution is 6.31. The van der Waals surface area contributed by atoms with Gasteiger partial charge < -0.3 is 20.1 Å². The van der Waals surface area contributed by atoms with E-state index in [-0.39, 0.29) is 12.5 Å². The van der Waals surface area contributed by atoms with E-state index < -0.39 is 6.04 Å². The number of ether oxygens (including phenoxy) is 2. The molecule has 0 aliphatic carbocycles. The van der Waals surface area contributed by atoms with Gasteiger partial charge in [-0.1, -0.05) is 53.1 Å². The second-order valence-electron chi connectivity index (χ2n) is 8.63. The molecule has 0 bridgehead atoms. The van der Waals surface area contributed by atoms with Crippen LogP contribution >= 0.6 is 11.6 Å². The summed E-state index contributed by atoms with van der Waals surface area (Å²) in [6.45, 7) is 4.08. The standard InChI is InChI=1S/C27H25ClN6O3/c1-16-7-6-9-20(13-16)30-26(35)24-17(2)29-27-31-32-33-34(27)25(24)18-11-12-22(23(14-18)36-3)37-15-19-8-4-5-10-21(19)28/h4-14,25H,15H2,1-3H3,(H,30,35)(H,29,31,33). The Morgan fingerprint density at radius 2 is 1.92 bits per heavy atom. The van der Waals surface area contributed by atoms with Crippen LogP contribution in [0.15, 0.2) is 78.0 Å². The third kappa shape index (κ3) is 4.99. The lowest BCUT2D eigenvalue weighted by atomic mass is 9.94. The van der Waals surface area contributed by atoms with Crippen LogP contribution in [0.2, 0.25) is 5.02 Å². The first kappa shape index (κ1) is 24.3. The molecule has 0 radical (unpaired) electrons. The summed E-state index contributed by atoms with van der Waals surface area (Å²) in [7, 11) is 1.57. The SMILES string of the molecule is COc1cc(C2C(C(=O)Nc3cccc(C)c3)=C(C)Nc3nnnn32)ccc1OCc1ccccc1Cl. The van der Waals surface area contributed by atoms with Gasteiger partial charge in [-0.05, 0) is 65.7 Å². The van der Waals surface area contributed by atoms with Crippen LogP contribution in [0, 0.1) is 6.92 Å². The topological polar surface area (TPSA) is 103 Å². The van der Waals surface area contributed by atoms with Crippen molar-refractivity contribution in [3.8, 4) is 11.5 Å². The Balaban J connectivity index is 1.48. The first-order valence-corrected chi connectivity index (χ1v) is 12.0. The minimum atomic E-state index is -0.595. The number of carbonyl (C=O) groups is 1. The van der Waals surface area contributed by atoms with Crippen molar-refractivity contribution in [3.05, 3.63) is 99.7 Å². The summed E-state index contributed by atoms with van der Waals surface area (Å²) >= 11 is 6.27. The van der Waals surface area contributed by atoms with Crippen LogP contribution in [0.1, 0.15) is 29.7 Å². The molecule has 2 heterocycles. The average Bonchev–Trinajstić information content (AvgIpc) is 3.35. The van der Waals surface area contributed by atoms with Crippen LogP contribution < -0.4 is 20.1 Å². The zero-order valence-electron chi connectivity index (χ0n) is 20.5. The number of rotatable bonds is 7. The number of carbonyl (C=O) groups excluding carboxylic acids is 1. The van der Waals surface area contributed by atoms with Crippen molar-refractivity contribution in [2.45, 2.75) is 26.5 Å². The number of benzene rings is 3. The van der Waals surface area contributed by atoms with Crippen LogP contribution in [0.25, 0.3) is 0 Å². The fraction of sp³-hybridized carbons (Fsp3) is 0.185. The number of methoxy groups -OCH3 is 1. The minimum Gasteiger partial charge on any atom is -0.493 e. The summed E-state index contributed by atoms with van der Waals surface area (Å²) in [6, 6.07) is 20.1. The molecule has 5 rings (SSSR count). The summed E-state index contributed by atoms with van der Waals surface area (Å²) in [5, 5.41) is 18.8. The maximum absolute atomic E-state index is 13.6. The molecule has 1 aromatic heterocycles. The molecule has 1 aliphatic heterocycles. The highest BCUT2D eigenvalue weighted by Gasteiger charge is 2.34. The van der Waals surface area contributed by atoms with Gasteiger partial charge in [-0.3, -0.25) is 4.79 Å². The number of nitrogens with one attached hydrogen (secondary N) is 2. The normalized spacial score (nSPS) is 14.5.